The summed E-state index contributed by atoms with van der Waals surface area (Å²) in [5.41, 5.74) is -4.08. The monoisotopic (exact) mass is 311 g/mol. The summed E-state index contributed by atoms with van der Waals surface area (Å²) in [5.74, 6) is 1.91. The molecule has 1 aliphatic carbocycles. The van der Waals surface area contributed by atoms with Gasteiger partial charge in [0.1, 0.15) is 0 Å². The smallest absolute Gasteiger partial charge is 0.314 e. The molecular weight excluding hydrogens is 283 g/mol. The standard InChI is InChI=1S/C15H28F3NS/c1-4-8-19-14-6-5-12(11(2)3)10-13(14)7-9-20-15(16,17)18/h11-14,19H,4-10H2,1-3H3. The van der Waals surface area contributed by atoms with Gasteiger partial charge in [0.05, 0.1) is 0 Å². The van der Waals surface area contributed by atoms with Crippen molar-refractivity contribution in [2.45, 2.75) is 64.4 Å². The maximum absolute atomic E-state index is 12.3. The average molecular weight is 311 g/mol. The molecular formula is C15H28F3NS. The molecule has 0 aromatic carbocycles. The van der Waals surface area contributed by atoms with Crippen molar-refractivity contribution in [3.05, 3.63) is 0 Å². The zero-order chi connectivity index (χ0) is 15.2. The highest BCUT2D eigenvalue weighted by Gasteiger charge is 2.33. The van der Waals surface area contributed by atoms with Crippen LogP contribution in [0.4, 0.5) is 13.2 Å². The molecule has 20 heavy (non-hydrogen) atoms. The maximum Gasteiger partial charge on any atom is 0.441 e. The Labute approximate surface area is 125 Å². The van der Waals surface area contributed by atoms with Gasteiger partial charge in [0.2, 0.25) is 0 Å². The molecule has 1 fully saturated rings. The summed E-state index contributed by atoms with van der Waals surface area (Å²) < 4.78 is 36.8. The first kappa shape index (κ1) is 18.1. The summed E-state index contributed by atoms with van der Waals surface area (Å²) >= 11 is 0.135. The Balaban J connectivity index is 2.48. The Morgan fingerprint density at radius 2 is 1.95 bits per heavy atom. The van der Waals surface area contributed by atoms with Crippen molar-refractivity contribution in [2.24, 2.45) is 17.8 Å². The van der Waals surface area contributed by atoms with Gasteiger partial charge in [-0.25, -0.2) is 0 Å². The lowest BCUT2D eigenvalue weighted by atomic mass is 9.72. The minimum Gasteiger partial charge on any atom is -0.314 e. The predicted molar refractivity (Wildman–Crippen MR) is 80.9 cm³/mol. The molecule has 0 aliphatic heterocycles. The topological polar surface area (TPSA) is 12.0 Å². The molecule has 1 N–H and O–H groups in total. The second-order valence-electron chi connectivity index (χ2n) is 6.22. The molecule has 0 saturated heterocycles. The number of hydrogen-bond donors (Lipinski definition) is 1. The van der Waals surface area contributed by atoms with E-state index in [-0.39, 0.29) is 17.5 Å². The highest BCUT2D eigenvalue weighted by atomic mass is 32.2. The Bertz CT molecular complexity index is 268. The molecule has 1 nitrogen and oxygen atoms in total. The van der Waals surface area contributed by atoms with Crippen LogP contribution in [0, 0.1) is 17.8 Å². The molecule has 1 aliphatic rings. The van der Waals surface area contributed by atoms with Crippen LogP contribution in [-0.2, 0) is 0 Å². The van der Waals surface area contributed by atoms with Crippen LogP contribution in [0.25, 0.3) is 0 Å². The van der Waals surface area contributed by atoms with Gasteiger partial charge < -0.3 is 5.32 Å². The van der Waals surface area contributed by atoms with E-state index >= 15 is 0 Å². The SMILES string of the molecule is CCCNC1CCC(C(C)C)CC1CCSC(F)(F)F. The fourth-order valence-corrected chi connectivity index (χ4v) is 3.80. The zero-order valence-corrected chi connectivity index (χ0v) is 13.6. The van der Waals surface area contributed by atoms with Gasteiger partial charge in [-0.3, -0.25) is 0 Å². The van der Waals surface area contributed by atoms with Crippen molar-refractivity contribution < 1.29 is 13.2 Å². The largest absolute Gasteiger partial charge is 0.441 e. The highest BCUT2D eigenvalue weighted by molar-refractivity contribution is 8.00. The van der Waals surface area contributed by atoms with E-state index in [1.54, 1.807) is 0 Å². The first-order chi connectivity index (χ1) is 9.33. The minimum atomic E-state index is -4.08. The number of alkyl halides is 3. The fraction of sp³-hybridized carbons (Fsp3) is 1.00. The molecule has 0 bridgehead atoms. The number of halogens is 3. The van der Waals surface area contributed by atoms with E-state index in [1.807, 2.05) is 0 Å². The van der Waals surface area contributed by atoms with Gasteiger partial charge in [0.15, 0.2) is 0 Å². The number of thioether (sulfide) groups is 1. The molecule has 3 unspecified atom stereocenters. The minimum absolute atomic E-state index is 0.135. The number of rotatable bonds is 7. The second kappa shape index (κ2) is 8.52. The first-order valence-electron chi connectivity index (χ1n) is 7.77. The highest BCUT2D eigenvalue weighted by Crippen LogP contribution is 2.38. The summed E-state index contributed by atoms with van der Waals surface area (Å²) in [6.45, 7) is 7.55. The van der Waals surface area contributed by atoms with Gasteiger partial charge in [-0.15, -0.1) is 0 Å². The van der Waals surface area contributed by atoms with Crippen LogP contribution in [0.15, 0.2) is 0 Å². The van der Waals surface area contributed by atoms with Gasteiger partial charge in [-0.2, -0.15) is 13.2 Å². The summed E-state index contributed by atoms with van der Waals surface area (Å²) in [7, 11) is 0. The van der Waals surface area contributed by atoms with Crippen molar-refractivity contribution >= 4 is 11.8 Å². The van der Waals surface area contributed by atoms with E-state index in [9.17, 15) is 13.2 Å². The zero-order valence-electron chi connectivity index (χ0n) is 12.8. The molecule has 0 amide bonds. The summed E-state index contributed by atoms with van der Waals surface area (Å²) in [5, 5.41) is 3.54. The predicted octanol–water partition coefficient (Wildman–Crippen LogP) is 5.07. The van der Waals surface area contributed by atoms with Crippen LogP contribution >= 0.6 is 11.8 Å². The van der Waals surface area contributed by atoms with Crippen LogP contribution in [-0.4, -0.2) is 23.8 Å². The fourth-order valence-electron chi connectivity index (χ4n) is 3.15. The average Bonchev–Trinajstić information content (AvgIpc) is 2.35. The molecule has 120 valence electrons. The van der Waals surface area contributed by atoms with Crippen LogP contribution < -0.4 is 5.32 Å². The van der Waals surface area contributed by atoms with Crippen LogP contribution in [0.3, 0.4) is 0 Å². The molecule has 3 atom stereocenters. The lowest BCUT2D eigenvalue weighted by Crippen LogP contribution is -2.42. The molecule has 0 radical (unpaired) electrons. The lowest BCUT2D eigenvalue weighted by Gasteiger charge is -2.38. The molecule has 1 rings (SSSR count). The van der Waals surface area contributed by atoms with Gasteiger partial charge in [0.25, 0.3) is 0 Å². The molecule has 0 heterocycles. The Morgan fingerprint density at radius 1 is 1.25 bits per heavy atom. The normalized spacial score (nSPS) is 28.1. The number of hydrogen-bond acceptors (Lipinski definition) is 2. The first-order valence-corrected chi connectivity index (χ1v) is 8.76. The van der Waals surface area contributed by atoms with E-state index in [4.69, 9.17) is 0 Å². The maximum atomic E-state index is 12.3. The molecule has 1 saturated carbocycles. The third-order valence-corrected chi connectivity index (χ3v) is 5.14. The summed E-state index contributed by atoms with van der Waals surface area (Å²) in [6, 6.07) is 0.416. The van der Waals surface area contributed by atoms with Crippen molar-refractivity contribution in [1.82, 2.24) is 5.32 Å². The third kappa shape index (κ3) is 6.70. The quantitative estimate of drug-likeness (QED) is 0.704. The van der Waals surface area contributed by atoms with Gasteiger partial charge in [-0.05, 0) is 56.4 Å². The Hall–Kier alpha value is 0.100. The lowest BCUT2D eigenvalue weighted by molar-refractivity contribution is -0.0329. The van der Waals surface area contributed by atoms with Crippen LogP contribution in [0.1, 0.15) is 52.9 Å². The van der Waals surface area contributed by atoms with Gasteiger partial charge in [-0.1, -0.05) is 32.5 Å². The second-order valence-corrected chi connectivity index (χ2v) is 7.38. The molecule has 5 heteroatoms. The van der Waals surface area contributed by atoms with E-state index in [1.165, 1.54) is 6.42 Å². The van der Waals surface area contributed by atoms with Gasteiger partial charge >= 0.3 is 5.51 Å². The Morgan fingerprint density at radius 3 is 2.50 bits per heavy atom. The summed E-state index contributed by atoms with van der Waals surface area (Å²) in [6.07, 6.45) is 5.16. The van der Waals surface area contributed by atoms with E-state index in [0.717, 1.165) is 25.8 Å². The van der Waals surface area contributed by atoms with Crippen molar-refractivity contribution in [3.8, 4) is 0 Å². The third-order valence-electron chi connectivity index (χ3n) is 4.38. The molecule has 0 spiro atoms. The van der Waals surface area contributed by atoms with E-state index in [0.29, 0.717) is 30.2 Å². The van der Waals surface area contributed by atoms with E-state index < -0.39 is 5.51 Å². The molecule has 0 aromatic heterocycles. The van der Waals surface area contributed by atoms with Gasteiger partial charge in [0, 0.05) is 11.8 Å². The van der Waals surface area contributed by atoms with Crippen molar-refractivity contribution in [3.63, 3.8) is 0 Å². The number of nitrogens with one attached hydrogen (secondary N) is 1. The molecule has 0 aromatic rings. The van der Waals surface area contributed by atoms with Crippen LogP contribution in [0.2, 0.25) is 0 Å². The van der Waals surface area contributed by atoms with Crippen molar-refractivity contribution in [2.75, 3.05) is 12.3 Å². The van der Waals surface area contributed by atoms with Crippen LogP contribution in [0.5, 0.6) is 0 Å². The Kier molecular flexibility index (Phi) is 7.73. The summed E-state index contributed by atoms with van der Waals surface area (Å²) in [4.78, 5) is 0. The van der Waals surface area contributed by atoms with E-state index in [2.05, 4.69) is 26.1 Å². The van der Waals surface area contributed by atoms with Crippen molar-refractivity contribution in [1.29, 1.82) is 0 Å².